The summed E-state index contributed by atoms with van der Waals surface area (Å²) in [5, 5.41) is 11.8. The molecule has 1 amide bonds. The maximum absolute atomic E-state index is 13.3. The minimum absolute atomic E-state index is 0.0846. The van der Waals surface area contributed by atoms with Crippen molar-refractivity contribution in [2.45, 2.75) is 12.8 Å². The Kier molecular flexibility index (Phi) is 6.57. The predicted octanol–water partition coefficient (Wildman–Crippen LogP) is 3.69. The van der Waals surface area contributed by atoms with E-state index in [0.717, 1.165) is 17.1 Å². The van der Waals surface area contributed by atoms with E-state index in [1.165, 1.54) is 6.07 Å². The SMILES string of the molecule is O=C(CCc1ccc(F)c(Cl)c1)N1CCN(c2ccc(Nc3cccnc3)nn2)CC1. The van der Waals surface area contributed by atoms with Crippen molar-refractivity contribution < 1.29 is 9.18 Å². The Labute approximate surface area is 184 Å². The lowest BCUT2D eigenvalue weighted by Crippen LogP contribution is -2.49. The number of piperazine rings is 1. The molecule has 160 valence electrons. The van der Waals surface area contributed by atoms with Gasteiger partial charge in [-0.1, -0.05) is 17.7 Å². The van der Waals surface area contributed by atoms with E-state index in [1.54, 1.807) is 24.5 Å². The number of nitrogens with zero attached hydrogens (tertiary/aromatic N) is 5. The molecule has 31 heavy (non-hydrogen) atoms. The largest absolute Gasteiger partial charge is 0.352 e. The standard InChI is InChI=1S/C22H22ClFN6O/c23-18-14-16(3-5-19(18)24)4-8-22(31)30-12-10-29(11-13-30)21-7-6-20(27-28-21)26-17-2-1-9-25-15-17/h1-3,5-7,9,14-15H,4,8,10-13H2,(H,26,27). The first-order valence-corrected chi connectivity index (χ1v) is 10.4. The zero-order valence-electron chi connectivity index (χ0n) is 16.8. The van der Waals surface area contributed by atoms with Crippen molar-refractivity contribution in [2.24, 2.45) is 0 Å². The highest BCUT2D eigenvalue weighted by molar-refractivity contribution is 6.30. The maximum atomic E-state index is 13.3. The van der Waals surface area contributed by atoms with Crippen molar-refractivity contribution in [3.8, 4) is 0 Å². The minimum atomic E-state index is -0.447. The first-order chi connectivity index (χ1) is 15.1. The van der Waals surface area contributed by atoms with Crippen LogP contribution in [0, 0.1) is 5.82 Å². The Morgan fingerprint density at radius 3 is 2.61 bits per heavy atom. The smallest absolute Gasteiger partial charge is 0.223 e. The second kappa shape index (κ2) is 9.70. The van der Waals surface area contributed by atoms with Gasteiger partial charge >= 0.3 is 0 Å². The van der Waals surface area contributed by atoms with E-state index < -0.39 is 5.82 Å². The number of aromatic nitrogens is 3. The molecule has 2 aromatic heterocycles. The minimum Gasteiger partial charge on any atom is -0.352 e. The van der Waals surface area contributed by atoms with Gasteiger partial charge in [-0.2, -0.15) is 0 Å². The summed E-state index contributed by atoms with van der Waals surface area (Å²) in [6.45, 7) is 2.64. The summed E-state index contributed by atoms with van der Waals surface area (Å²) >= 11 is 5.81. The fourth-order valence-corrected chi connectivity index (χ4v) is 3.64. The van der Waals surface area contributed by atoms with Crippen molar-refractivity contribution in [3.63, 3.8) is 0 Å². The van der Waals surface area contributed by atoms with E-state index >= 15 is 0 Å². The Hall–Kier alpha value is -3.26. The number of anilines is 3. The van der Waals surface area contributed by atoms with Gasteiger partial charge in [0.05, 0.1) is 16.9 Å². The lowest BCUT2D eigenvalue weighted by atomic mass is 10.1. The van der Waals surface area contributed by atoms with Crippen LogP contribution in [-0.2, 0) is 11.2 Å². The third-order valence-electron chi connectivity index (χ3n) is 5.15. The van der Waals surface area contributed by atoms with Crippen LogP contribution in [-0.4, -0.2) is 52.2 Å². The third kappa shape index (κ3) is 5.46. The molecule has 0 atom stereocenters. The van der Waals surface area contributed by atoms with Crippen LogP contribution >= 0.6 is 11.6 Å². The normalized spacial score (nSPS) is 13.9. The molecule has 7 nitrogen and oxygen atoms in total. The zero-order chi connectivity index (χ0) is 21.6. The molecule has 1 aromatic carbocycles. The van der Waals surface area contributed by atoms with Gasteiger partial charge in [-0.25, -0.2) is 4.39 Å². The number of carbonyl (C=O) groups is 1. The summed E-state index contributed by atoms with van der Waals surface area (Å²) in [4.78, 5) is 20.6. The van der Waals surface area contributed by atoms with Gasteiger partial charge in [0.15, 0.2) is 11.6 Å². The monoisotopic (exact) mass is 440 g/mol. The van der Waals surface area contributed by atoms with Gasteiger partial charge in [-0.05, 0) is 48.4 Å². The molecule has 1 N–H and O–H groups in total. The molecule has 0 unspecified atom stereocenters. The van der Waals surface area contributed by atoms with Gasteiger partial charge in [0.1, 0.15) is 5.82 Å². The first-order valence-electron chi connectivity index (χ1n) is 10.1. The fourth-order valence-electron chi connectivity index (χ4n) is 3.43. The van der Waals surface area contributed by atoms with Crippen molar-refractivity contribution in [3.05, 3.63) is 71.3 Å². The zero-order valence-corrected chi connectivity index (χ0v) is 17.6. The van der Waals surface area contributed by atoms with Crippen LogP contribution in [0.2, 0.25) is 5.02 Å². The lowest BCUT2D eigenvalue weighted by Gasteiger charge is -2.35. The average molecular weight is 441 g/mol. The molecule has 3 heterocycles. The van der Waals surface area contributed by atoms with Crippen LogP contribution in [0.5, 0.6) is 0 Å². The fraction of sp³-hybridized carbons (Fsp3) is 0.273. The topological polar surface area (TPSA) is 74.2 Å². The molecule has 1 saturated heterocycles. The second-order valence-electron chi connectivity index (χ2n) is 7.26. The van der Waals surface area contributed by atoms with E-state index in [9.17, 15) is 9.18 Å². The van der Waals surface area contributed by atoms with Gasteiger partial charge in [-0.3, -0.25) is 9.78 Å². The molecule has 1 aliphatic rings. The second-order valence-corrected chi connectivity index (χ2v) is 7.67. The van der Waals surface area contributed by atoms with Crippen LogP contribution in [0.3, 0.4) is 0 Å². The molecular weight excluding hydrogens is 419 g/mol. The Balaban J connectivity index is 1.26. The summed E-state index contributed by atoms with van der Waals surface area (Å²) < 4.78 is 13.3. The van der Waals surface area contributed by atoms with Crippen molar-refractivity contribution in [1.29, 1.82) is 0 Å². The molecule has 4 rings (SSSR count). The van der Waals surface area contributed by atoms with Crippen LogP contribution in [0.25, 0.3) is 0 Å². The third-order valence-corrected chi connectivity index (χ3v) is 5.44. The molecular formula is C22H22ClFN6O. The van der Waals surface area contributed by atoms with Gasteiger partial charge in [0.2, 0.25) is 5.91 Å². The highest BCUT2D eigenvalue weighted by Crippen LogP contribution is 2.19. The van der Waals surface area contributed by atoms with Crippen LogP contribution in [0.15, 0.2) is 54.9 Å². The lowest BCUT2D eigenvalue weighted by molar-refractivity contribution is -0.131. The molecule has 9 heteroatoms. The quantitative estimate of drug-likeness (QED) is 0.630. The van der Waals surface area contributed by atoms with Crippen molar-refractivity contribution in [1.82, 2.24) is 20.1 Å². The van der Waals surface area contributed by atoms with E-state index in [-0.39, 0.29) is 10.9 Å². The highest BCUT2D eigenvalue weighted by atomic mass is 35.5. The first kappa shape index (κ1) is 21.0. The van der Waals surface area contributed by atoms with Gasteiger partial charge < -0.3 is 15.1 Å². The van der Waals surface area contributed by atoms with Crippen LogP contribution in [0.4, 0.5) is 21.7 Å². The molecule has 0 aliphatic carbocycles. The average Bonchev–Trinajstić information content (AvgIpc) is 2.81. The van der Waals surface area contributed by atoms with Crippen molar-refractivity contribution >= 4 is 34.8 Å². The number of nitrogens with one attached hydrogen (secondary N) is 1. The van der Waals surface area contributed by atoms with Crippen LogP contribution in [0.1, 0.15) is 12.0 Å². The number of benzene rings is 1. The number of rotatable bonds is 6. The Morgan fingerprint density at radius 1 is 1.10 bits per heavy atom. The maximum Gasteiger partial charge on any atom is 0.223 e. The molecule has 1 aliphatic heterocycles. The Morgan fingerprint density at radius 2 is 1.94 bits per heavy atom. The molecule has 0 bridgehead atoms. The van der Waals surface area contributed by atoms with E-state index in [2.05, 4.69) is 25.4 Å². The molecule has 0 spiro atoms. The van der Waals surface area contributed by atoms with E-state index in [0.29, 0.717) is 44.8 Å². The van der Waals surface area contributed by atoms with Gasteiger partial charge in [0, 0.05) is 38.8 Å². The summed E-state index contributed by atoms with van der Waals surface area (Å²) in [5.41, 5.74) is 1.70. The molecule has 3 aromatic rings. The number of carbonyl (C=O) groups excluding carboxylic acids is 1. The van der Waals surface area contributed by atoms with Gasteiger partial charge in [0.25, 0.3) is 0 Å². The van der Waals surface area contributed by atoms with Gasteiger partial charge in [-0.15, -0.1) is 10.2 Å². The summed E-state index contributed by atoms with van der Waals surface area (Å²) in [7, 11) is 0. The van der Waals surface area contributed by atoms with Crippen LogP contribution < -0.4 is 10.2 Å². The Bertz CT molecular complexity index is 1030. The van der Waals surface area contributed by atoms with E-state index in [1.807, 2.05) is 29.2 Å². The number of amides is 1. The summed E-state index contributed by atoms with van der Waals surface area (Å²) in [6.07, 6.45) is 4.34. The number of halogens is 2. The summed E-state index contributed by atoms with van der Waals surface area (Å²) in [6, 6.07) is 12.1. The predicted molar refractivity (Wildman–Crippen MR) is 118 cm³/mol. The highest BCUT2D eigenvalue weighted by Gasteiger charge is 2.22. The summed E-state index contributed by atoms with van der Waals surface area (Å²) in [5.74, 6) is 1.07. The molecule has 0 radical (unpaired) electrons. The number of hydrogen-bond acceptors (Lipinski definition) is 6. The van der Waals surface area contributed by atoms with E-state index in [4.69, 9.17) is 11.6 Å². The number of aryl methyl sites for hydroxylation is 1. The molecule has 1 fully saturated rings. The number of pyridine rings is 1. The molecule has 0 saturated carbocycles. The van der Waals surface area contributed by atoms with Crippen molar-refractivity contribution in [2.75, 3.05) is 36.4 Å². The number of hydrogen-bond donors (Lipinski definition) is 1.